The van der Waals surface area contributed by atoms with Gasteiger partial charge < -0.3 is 24.4 Å². The highest BCUT2D eigenvalue weighted by atomic mass is 16.5. The first-order valence-electron chi connectivity index (χ1n) is 11.4. The largest absolute Gasteiger partial charge is 0.497 e. The van der Waals surface area contributed by atoms with Gasteiger partial charge in [-0.05, 0) is 37.0 Å². The van der Waals surface area contributed by atoms with Crippen LogP contribution >= 0.6 is 0 Å². The Kier molecular flexibility index (Phi) is 8.82. The summed E-state index contributed by atoms with van der Waals surface area (Å²) in [7, 11) is 5.33. The molecule has 168 valence electrons. The summed E-state index contributed by atoms with van der Waals surface area (Å²) in [6, 6.07) is 8.68. The van der Waals surface area contributed by atoms with Crippen molar-refractivity contribution in [3.8, 4) is 5.75 Å². The van der Waals surface area contributed by atoms with E-state index in [0.29, 0.717) is 19.1 Å². The number of aliphatic imine (C=N–C) groups is 1. The number of likely N-dealkylation sites (tertiary alicyclic amines) is 1. The molecule has 3 rings (SSSR count). The predicted molar refractivity (Wildman–Crippen MR) is 121 cm³/mol. The van der Waals surface area contributed by atoms with E-state index >= 15 is 0 Å². The number of hydrogen-bond acceptors (Lipinski definition) is 4. The number of guanidine groups is 1. The standard InChI is InChI=1S/C24H39N3O3/c1-25-23(27-14-11-20(17-27)18-30-16-15-28-2)26-19-24(12-5-4-6-13-24)21-7-9-22(29-3)10-8-21/h7-10,20H,4-6,11-19H2,1-3H3,(H,25,26). The Balaban J connectivity index is 1.58. The first-order chi connectivity index (χ1) is 14.7. The third-order valence-electron chi connectivity index (χ3n) is 6.68. The summed E-state index contributed by atoms with van der Waals surface area (Å²) in [5, 5.41) is 3.73. The maximum Gasteiger partial charge on any atom is 0.193 e. The van der Waals surface area contributed by atoms with Crippen LogP contribution < -0.4 is 10.1 Å². The van der Waals surface area contributed by atoms with Crippen molar-refractivity contribution in [3.05, 3.63) is 29.8 Å². The number of hydrogen-bond donors (Lipinski definition) is 1. The van der Waals surface area contributed by atoms with Crippen molar-refractivity contribution in [2.45, 2.75) is 43.9 Å². The second-order valence-corrected chi connectivity index (χ2v) is 8.64. The van der Waals surface area contributed by atoms with E-state index in [1.807, 2.05) is 7.05 Å². The molecule has 1 heterocycles. The summed E-state index contributed by atoms with van der Waals surface area (Å²) < 4.78 is 16.2. The average Bonchev–Trinajstić information content (AvgIpc) is 3.26. The highest BCUT2D eigenvalue weighted by Gasteiger charge is 2.35. The van der Waals surface area contributed by atoms with E-state index < -0.39 is 0 Å². The Morgan fingerprint density at radius 3 is 2.57 bits per heavy atom. The van der Waals surface area contributed by atoms with Crippen LogP contribution in [0.15, 0.2) is 29.3 Å². The van der Waals surface area contributed by atoms with Crippen molar-refractivity contribution in [1.82, 2.24) is 10.2 Å². The van der Waals surface area contributed by atoms with Crippen LogP contribution in [-0.4, -0.2) is 71.6 Å². The molecule has 6 heteroatoms. The van der Waals surface area contributed by atoms with Gasteiger partial charge in [-0.2, -0.15) is 0 Å². The topological polar surface area (TPSA) is 55.3 Å². The van der Waals surface area contributed by atoms with E-state index in [-0.39, 0.29) is 5.41 Å². The normalized spacial score (nSPS) is 21.6. The van der Waals surface area contributed by atoms with E-state index in [1.165, 1.54) is 37.7 Å². The summed E-state index contributed by atoms with van der Waals surface area (Å²) in [5.41, 5.74) is 1.58. The lowest BCUT2D eigenvalue weighted by Crippen LogP contribution is -2.47. The maximum absolute atomic E-state index is 5.75. The Morgan fingerprint density at radius 2 is 1.90 bits per heavy atom. The van der Waals surface area contributed by atoms with Crippen LogP contribution in [-0.2, 0) is 14.9 Å². The summed E-state index contributed by atoms with van der Waals surface area (Å²) in [5.74, 6) is 2.50. The summed E-state index contributed by atoms with van der Waals surface area (Å²) >= 11 is 0. The molecule has 1 atom stereocenters. The molecule has 6 nitrogen and oxygen atoms in total. The van der Waals surface area contributed by atoms with Gasteiger partial charge in [0.1, 0.15) is 5.75 Å². The van der Waals surface area contributed by atoms with E-state index in [1.54, 1.807) is 14.2 Å². The van der Waals surface area contributed by atoms with Crippen molar-refractivity contribution in [2.75, 3.05) is 60.7 Å². The van der Waals surface area contributed by atoms with Crippen molar-refractivity contribution in [3.63, 3.8) is 0 Å². The van der Waals surface area contributed by atoms with E-state index in [4.69, 9.17) is 14.2 Å². The summed E-state index contributed by atoms with van der Waals surface area (Å²) in [6.45, 7) is 5.09. The van der Waals surface area contributed by atoms with Crippen molar-refractivity contribution in [2.24, 2.45) is 10.9 Å². The number of nitrogens with one attached hydrogen (secondary N) is 1. The van der Waals surface area contributed by atoms with Crippen molar-refractivity contribution >= 4 is 5.96 Å². The fourth-order valence-electron chi connectivity index (χ4n) is 4.87. The van der Waals surface area contributed by atoms with Gasteiger partial charge in [0.25, 0.3) is 0 Å². The Bertz CT molecular complexity index is 656. The minimum Gasteiger partial charge on any atom is -0.497 e. The van der Waals surface area contributed by atoms with Crippen LogP contribution in [0, 0.1) is 5.92 Å². The van der Waals surface area contributed by atoms with Gasteiger partial charge in [-0.1, -0.05) is 31.4 Å². The number of methoxy groups -OCH3 is 2. The van der Waals surface area contributed by atoms with E-state index in [9.17, 15) is 0 Å². The summed E-state index contributed by atoms with van der Waals surface area (Å²) in [4.78, 5) is 6.99. The minimum atomic E-state index is 0.169. The van der Waals surface area contributed by atoms with Crippen molar-refractivity contribution < 1.29 is 14.2 Å². The fraction of sp³-hybridized carbons (Fsp3) is 0.708. The molecule has 1 N–H and O–H groups in total. The SMILES string of the molecule is CN=C(NCC1(c2ccc(OC)cc2)CCCCC1)N1CCC(COCCOC)C1. The van der Waals surface area contributed by atoms with Gasteiger partial charge in [0, 0.05) is 45.1 Å². The number of benzene rings is 1. The zero-order valence-electron chi connectivity index (χ0n) is 19.0. The average molecular weight is 418 g/mol. The molecule has 0 radical (unpaired) electrons. The molecule has 30 heavy (non-hydrogen) atoms. The molecule has 1 aromatic rings. The van der Waals surface area contributed by atoms with Gasteiger partial charge in [-0.25, -0.2) is 0 Å². The highest BCUT2D eigenvalue weighted by molar-refractivity contribution is 5.80. The molecule has 1 unspecified atom stereocenters. The molecule has 0 aromatic heterocycles. The molecule has 2 aliphatic rings. The molecule has 1 saturated carbocycles. The molecule has 0 spiro atoms. The third kappa shape index (κ3) is 5.88. The zero-order chi connectivity index (χ0) is 21.2. The number of rotatable bonds is 9. The minimum absolute atomic E-state index is 0.169. The fourth-order valence-corrected chi connectivity index (χ4v) is 4.87. The molecular formula is C24H39N3O3. The second kappa shape index (κ2) is 11.6. The van der Waals surface area contributed by atoms with Gasteiger partial charge in [0.05, 0.1) is 26.9 Å². The molecule has 0 amide bonds. The van der Waals surface area contributed by atoms with Crippen LogP contribution in [0.2, 0.25) is 0 Å². The Labute approximate surface area is 182 Å². The Morgan fingerprint density at radius 1 is 1.13 bits per heavy atom. The lowest BCUT2D eigenvalue weighted by molar-refractivity contribution is 0.0536. The predicted octanol–water partition coefficient (Wildman–Crippen LogP) is 3.46. The van der Waals surface area contributed by atoms with Crippen LogP contribution in [0.3, 0.4) is 0 Å². The van der Waals surface area contributed by atoms with Gasteiger partial charge in [-0.15, -0.1) is 0 Å². The van der Waals surface area contributed by atoms with Gasteiger partial charge in [-0.3, -0.25) is 4.99 Å². The van der Waals surface area contributed by atoms with E-state index in [0.717, 1.165) is 44.4 Å². The number of nitrogens with zero attached hydrogens (tertiary/aromatic N) is 2. The Hall–Kier alpha value is -1.79. The summed E-state index contributed by atoms with van der Waals surface area (Å²) in [6.07, 6.45) is 7.51. The van der Waals surface area contributed by atoms with Crippen LogP contribution in [0.25, 0.3) is 0 Å². The molecule has 1 aliphatic heterocycles. The molecule has 0 bridgehead atoms. The highest BCUT2D eigenvalue weighted by Crippen LogP contribution is 2.39. The van der Waals surface area contributed by atoms with Crippen LogP contribution in [0.5, 0.6) is 5.75 Å². The lowest BCUT2D eigenvalue weighted by Gasteiger charge is -2.39. The van der Waals surface area contributed by atoms with Crippen molar-refractivity contribution in [1.29, 1.82) is 0 Å². The van der Waals surface area contributed by atoms with Crippen LogP contribution in [0.1, 0.15) is 44.1 Å². The smallest absolute Gasteiger partial charge is 0.193 e. The molecule has 2 fully saturated rings. The first-order valence-corrected chi connectivity index (χ1v) is 11.4. The van der Waals surface area contributed by atoms with Gasteiger partial charge in [0.15, 0.2) is 5.96 Å². The second-order valence-electron chi connectivity index (χ2n) is 8.64. The van der Waals surface area contributed by atoms with Crippen LogP contribution in [0.4, 0.5) is 0 Å². The molecule has 1 aliphatic carbocycles. The lowest BCUT2D eigenvalue weighted by atomic mass is 9.69. The maximum atomic E-state index is 5.75. The molecular weight excluding hydrogens is 378 g/mol. The quantitative estimate of drug-likeness (QED) is 0.379. The monoisotopic (exact) mass is 417 g/mol. The third-order valence-corrected chi connectivity index (χ3v) is 6.68. The molecule has 1 saturated heterocycles. The number of ether oxygens (including phenoxy) is 3. The zero-order valence-corrected chi connectivity index (χ0v) is 19.0. The van der Waals surface area contributed by atoms with Gasteiger partial charge >= 0.3 is 0 Å². The first kappa shape index (κ1) is 22.9. The van der Waals surface area contributed by atoms with E-state index in [2.05, 4.69) is 39.5 Å². The van der Waals surface area contributed by atoms with Gasteiger partial charge in [0.2, 0.25) is 0 Å². The molecule has 1 aromatic carbocycles.